The Labute approximate surface area is 183 Å². The molecule has 0 saturated heterocycles. The topological polar surface area (TPSA) is 37.3 Å². The van der Waals surface area contributed by atoms with Crippen molar-refractivity contribution < 1.29 is 58.4 Å². The van der Waals surface area contributed by atoms with E-state index in [0.717, 1.165) is 16.7 Å². The normalized spacial score (nSPS) is 17.0. The van der Waals surface area contributed by atoms with Gasteiger partial charge < -0.3 is 5.11 Å². The number of ketones is 1. The van der Waals surface area contributed by atoms with E-state index in [9.17, 15) is 14.3 Å². The summed E-state index contributed by atoms with van der Waals surface area (Å²) in [5.74, 6) is -0.585. The zero-order chi connectivity index (χ0) is 17.6. The smallest absolute Gasteiger partial charge is 0.192 e. The number of aliphatic hydroxyl groups excluding tert-OH is 1. The molecule has 127 valence electrons. The minimum atomic E-state index is -1.05. The fraction of sp³-hybridized carbons (Fsp3) is 0.286. The van der Waals surface area contributed by atoms with Gasteiger partial charge in [0.15, 0.2) is 5.78 Å². The van der Waals surface area contributed by atoms with E-state index in [1.54, 1.807) is 13.0 Å². The van der Waals surface area contributed by atoms with Gasteiger partial charge in [-0.15, -0.1) is 0 Å². The molecule has 3 rings (SSSR count). The Bertz CT molecular complexity index is 860. The summed E-state index contributed by atoms with van der Waals surface area (Å²) in [6.07, 6.45) is -0.830. The molecule has 1 atom stereocenters. The molecule has 0 amide bonds. The summed E-state index contributed by atoms with van der Waals surface area (Å²) in [4.78, 5) is 12.5. The van der Waals surface area contributed by atoms with Crippen LogP contribution in [0.1, 0.15) is 39.8 Å². The van der Waals surface area contributed by atoms with E-state index in [0.29, 0.717) is 22.3 Å². The number of hydrogen-bond acceptors (Lipinski definition) is 2. The second kappa shape index (κ2) is 7.82. The zero-order valence-corrected chi connectivity index (χ0v) is 19.7. The molecule has 1 aliphatic carbocycles. The predicted octanol–water partition coefficient (Wildman–Crippen LogP) is 4.30. The van der Waals surface area contributed by atoms with Gasteiger partial charge in [-0.25, -0.2) is 4.39 Å². The Hall–Kier alpha value is -0.818. The van der Waals surface area contributed by atoms with Crippen molar-refractivity contribution in [1.82, 2.24) is 0 Å². The van der Waals surface area contributed by atoms with Gasteiger partial charge in [0.05, 0.1) is 0 Å². The van der Waals surface area contributed by atoms with E-state index in [4.69, 9.17) is 0 Å². The van der Waals surface area contributed by atoms with Crippen LogP contribution in [-0.2, 0) is 4.79 Å². The van der Waals surface area contributed by atoms with Crippen molar-refractivity contribution in [1.29, 1.82) is 0 Å². The molecule has 0 fully saturated rings. The number of aliphatic hydroxyl groups is 1. The van der Waals surface area contributed by atoms with Crippen LogP contribution >= 0.6 is 0 Å². The van der Waals surface area contributed by atoms with Crippen molar-refractivity contribution in [3.8, 4) is 0 Å². The average Bonchev–Trinajstić information content (AvgIpc) is 2.83. The molecule has 0 spiro atoms. The molecule has 1 N–H and O–H groups in total. The number of rotatable bonds is 2. The van der Waals surface area contributed by atoms with Gasteiger partial charge in [0.2, 0.25) is 0 Å². The molecule has 25 heavy (non-hydrogen) atoms. The van der Waals surface area contributed by atoms with E-state index in [1.165, 1.54) is 11.6 Å². The molecule has 1 aliphatic rings. The van der Waals surface area contributed by atoms with E-state index in [2.05, 4.69) is 0 Å². The molecule has 2 aromatic rings. The van der Waals surface area contributed by atoms with Crippen LogP contribution in [0.5, 0.6) is 0 Å². The van der Waals surface area contributed by atoms with Crippen molar-refractivity contribution in [3.63, 3.8) is 0 Å². The van der Waals surface area contributed by atoms with Crippen molar-refractivity contribution in [3.05, 3.63) is 69.5 Å². The van der Waals surface area contributed by atoms with Crippen LogP contribution in [0.25, 0.3) is 11.1 Å². The van der Waals surface area contributed by atoms with Gasteiger partial charge in [0, 0.05) is 56.1 Å². The van der Waals surface area contributed by atoms with Gasteiger partial charge in [-0.3, -0.25) is 4.79 Å². The van der Waals surface area contributed by atoms with Crippen molar-refractivity contribution in [2.45, 2.75) is 40.2 Å². The van der Waals surface area contributed by atoms with Crippen molar-refractivity contribution in [2.75, 3.05) is 0 Å². The van der Waals surface area contributed by atoms with Crippen LogP contribution in [0, 0.1) is 77.6 Å². The fourth-order valence-corrected chi connectivity index (χ4v) is 3.24. The van der Waals surface area contributed by atoms with Crippen LogP contribution in [0.15, 0.2) is 30.3 Å². The summed E-state index contributed by atoms with van der Waals surface area (Å²) in [6.45, 7) is 7.76. The van der Waals surface area contributed by atoms with Crippen LogP contribution < -0.4 is 0 Å². The first-order chi connectivity index (χ1) is 11.3. The summed E-state index contributed by atoms with van der Waals surface area (Å²) in [7, 11) is 0. The fourth-order valence-electron chi connectivity index (χ4n) is 3.24. The zero-order valence-electron chi connectivity index (χ0n) is 15.0. The maximum absolute atomic E-state index is 14.0. The summed E-state index contributed by atoms with van der Waals surface area (Å²) >= 11 is 0. The Morgan fingerprint density at radius 2 is 1.56 bits per heavy atom. The number of hydrogen-bond donors (Lipinski definition) is 1. The molecule has 1 unspecified atom stereocenters. The molecule has 2 aromatic carbocycles. The third-order valence-corrected chi connectivity index (χ3v) is 4.98. The van der Waals surface area contributed by atoms with Gasteiger partial charge in [0.1, 0.15) is 11.9 Å². The van der Waals surface area contributed by atoms with Gasteiger partial charge >= 0.3 is 0 Å². The largest absolute Gasteiger partial charge is 0.385 e. The molecule has 0 saturated carbocycles. The summed E-state index contributed by atoms with van der Waals surface area (Å²) in [5, 5.41) is 10.1. The third-order valence-electron chi connectivity index (χ3n) is 4.98. The van der Waals surface area contributed by atoms with E-state index in [-0.39, 0.29) is 62.1 Å². The van der Waals surface area contributed by atoms with Gasteiger partial charge in [-0.1, -0.05) is 24.3 Å². The van der Waals surface area contributed by atoms with Gasteiger partial charge in [-0.05, 0) is 72.7 Å². The monoisotopic (exact) mass is 551 g/mol. The average molecular weight is 551 g/mol. The van der Waals surface area contributed by atoms with Gasteiger partial charge in [0.25, 0.3) is 0 Å². The molecular formula is C21H21AcFO2. The first-order valence-electron chi connectivity index (χ1n) is 8.09. The summed E-state index contributed by atoms with van der Waals surface area (Å²) in [6, 6.07) is 8.91. The molecular weight excluding hydrogens is 530 g/mol. The third kappa shape index (κ3) is 3.82. The van der Waals surface area contributed by atoms with E-state index in [1.807, 2.05) is 39.0 Å². The standard InChI is InChI=1S/C21H21FO2.Ac/c1-11-5-6-15(9-18(11)22)17-10-19(23)21(24)20(17)16-7-12(2)14(4)13(3)8-16;/h5-9,19,23H,10H2,1-4H3;. The number of Topliss-reactive ketones (excluding diaryl/α,β-unsaturated/α-hetero) is 1. The number of carbonyl (C=O) groups is 1. The van der Waals surface area contributed by atoms with E-state index >= 15 is 0 Å². The molecule has 2 nitrogen and oxygen atoms in total. The maximum atomic E-state index is 14.0. The van der Waals surface area contributed by atoms with Crippen molar-refractivity contribution in [2.24, 2.45) is 0 Å². The number of aryl methyl sites for hydroxylation is 3. The number of benzene rings is 2. The Balaban J connectivity index is 0.00000225. The van der Waals surface area contributed by atoms with Crippen LogP contribution in [0.4, 0.5) is 4.39 Å². The number of halogens is 1. The SMILES string of the molecule is Cc1ccc(C2=C(c3cc(C)c(C)c(C)c3)C(=O)C(O)C2)cc1F.[Ac]. The van der Waals surface area contributed by atoms with Gasteiger partial charge in [-0.2, -0.15) is 0 Å². The van der Waals surface area contributed by atoms with Crippen LogP contribution in [0.3, 0.4) is 0 Å². The molecule has 4 heteroatoms. The van der Waals surface area contributed by atoms with Crippen LogP contribution in [-0.4, -0.2) is 17.0 Å². The first-order valence-corrected chi connectivity index (χ1v) is 8.09. The quantitative estimate of drug-likeness (QED) is 0.605. The second-order valence-corrected chi connectivity index (χ2v) is 6.64. The van der Waals surface area contributed by atoms with E-state index < -0.39 is 6.10 Å². The Morgan fingerprint density at radius 1 is 0.960 bits per heavy atom. The first kappa shape index (κ1) is 20.5. The molecule has 0 aliphatic heterocycles. The summed E-state index contributed by atoms with van der Waals surface area (Å²) in [5.41, 5.74) is 6.64. The molecule has 0 heterocycles. The summed E-state index contributed by atoms with van der Waals surface area (Å²) < 4.78 is 14.0. The number of carbonyl (C=O) groups excluding carboxylic acids is 1. The van der Waals surface area contributed by atoms with Crippen LogP contribution in [0.2, 0.25) is 0 Å². The minimum absolute atomic E-state index is 0. The molecule has 1 radical (unpaired) electrons. The molecule has 0 bridgehead atoms. The second-order valence-electron chi connectivity index (χ2n) is 6.64. The minimum Gasteiger partial charge on any atom is -0.385 e. The predicted molar refractivity (Wildman–Crippen MR) is 94.2 cm³/mol. The molecule has 0 aromatic heterocycles. The maximum Gasteiger partial charge on any atom is 0.192 e. The van der Waals surface area contributed by atoms with Crippen molar-refractivity contribution >= 4 is 16.9 Å². The Kier molecular flexibility index (Phi) is 6.41. The Morgan fingerprint density at radius 3 is 2.12 bits per heavy atom.